The molecule has 0 bridgehead atoms. The van der Waals surface area contributed by atoms with E-state index in [2.05, 4.69) is 16.7 Å². The van der Waals surface area contributed by atoms with Crippen LogP contribution in [-0.2, 0) is 6.42 Å². The summed E-state index contributed by atoms with van der Waals surface area (Å²) in [5.41, 5.74) is 1.23. The van der Waals surface area contributed by atoms with E-state index in [0.717, 1.165) is 0 Å². The lowest BCUT2D eigenvalue weighted by Gasteiger charge is -2.03. The zero-order valence-corrected chi connectivity index (χ0v) is 8.33. The van der Waals surface area contributed by atoms with E-state index in [1.54, 1.807) is 6.08 Å². The summed E-state index contributed by atoms with van der Waals surface area (Å²) in [5.74, 6) is 0. The summed E-state index contributed by atoms with van der Waals surface area (Å²) in [6.45, 7) is 5.51. The van der Waals surface area contributed by atoms with Crippen LogP contribution in [0.5, 0.6) is 0 Å². The van der Waals surface area contributed by atoms with Gasteiger partial charge < -0.3 is 4.98 Å². The first kappa shape index (κ1) is 9.51. The van der Waals surface area contributed by atoms with Crippen LogP contribution in [0.15, 0.2) is 22.2 Å². The minimum Gasteiger partial charge on any atom is -0.340 e. The molecule has 2 aromatic heterocycles. The van der Waals surface area contributed by atoms with Crippen LogP contribution in [0.1, 0.15) is 18.2 Å². The fourth-order valence-electron chi connectivity index (χ4n) is 1.62. The van der Waals surface area contributed by atoms with Crippen molar-refractivity contribution in [2.24, 2.45) is 0 Å². The summed E-state index contributed by atoms with van der Waals surface area (Å²) < 4.78 is 1.22. The van der Waals surface area contributed by atoms with Crippen LogP contribution >= 0.6 is 0 Å². The molecule has 2 heterocycles. The second kappa shape index (κ2) is 3.27. The van der Waals surface area contributed by atoms with Crippen molar-refractivity contribution in [1.82, 2.24) is 14.6 Å². The molecule has 0 aliphatic rings. The Kier molecular flexibility index (Phi) is 2.07. The maximum absolute atomic E-state index is 11.9. The Morgan fingerprint density at radius 3 is 2.87 bits per heavy atom. The average molecular weight is 205 g/mol. The quantitative estimate of drug-likeness (QED) is 0.750. The molecule has 2 N–H and O–H groups in total. The van der Waals surface area contributed by atoms with Crippen LogP contribution in [0.3, 0.4) is 0 Å². The largest absolute Gasteiger partial charge is 0.340 e. The molecule has 0 spiro atoms. The molecule has 5 nitrogen and oxygen atoms in total. The zero-order chi connectivity index (χ0) is 11.0. The van der Waals surface area contributed by atoms with Crippen LogP contribution in [0.25, 0.3) is 11.7 Å². The molecule has 0 unspecified atom stereocenters. The molecule has 0 amide bonds. The van der Waals surface area contributed by atoms with Crippen molar-refractivity contribution in [2.75, 3.05) is 0 Å². The molecule has 5 heteroatoms. The highest BCUT2D eigenvalue weighted by Gasteiger charge is 2.08. The van der Waals surface area contributed by atoms with E-state index < -0.39 is 0 Å². The first-order valence-electron chi connectivity index (χ1n) is 4.66. The molecule has 0 aliphatic heterocycles. The molecule has 15 heavy (non-hydrogen) atoms. The SMILES string of the molecule is C=Cc1[nH]c2cc(=O)[nH]n2c(=O)c1CC. The van der Waals surface area contributed by atoms with Gasteiger partial charge in [-0.1, -0.05) is 13.5 Å². The van der Waals surface area contributed by atoms with E-state index in [1.807, 2.05) is 6.92 Å². The lowest BCUT2D eigenvalue weighted by atomic mass is 10.2. The van der Waals surface area contributed by atoms with Crippen LogP contribution < -0.4 is 11.1 Å². The van der Waals surface area contributed by atoms with Gasteiger partial charge in [-0.15, -0.1) is 0 Å². The van der Waals surface area contributed by atoms with Crippen LogP contribution in [-0.4, -0.2) is 14.6 Å². The minimum absolute atomic E-state index is 0.205. The minimum atomic E-state index is -0.299. The highest BCUT2D eigenvalue weighted by Crippen LogP contribution is 2.04. The molecule has 2 aromatic rings. The number of H-pyrrole nitrogens is 2. The van der Waals surface area contributed by atoms with E-state index in [9.17, 15) is 9.59 Å². The van der Waals surface area contributed by atoms with Crippen molar-refractivity contribution in [3.8, 4) is 0 Å². The van der Waals surface area contributed by atoms with Crippen molar-refractivity contribution < 1.29 is 0 Å². The average Bonchev–Trinajstić information content (AvgIpc) is 2.59. The topological polar surface area (TPSA) is 70.1 Å². The number of rotatable bonds is 2. The third-order valence-corrected chi connectivity index (χ3v) is 2.34. The Labute approximate surface area is 85.1 Å². The lowest BCUT2D eigenvalue weighted by molar-refractivity contribution is 0.851. The van der Waals surface area contributed by atoms with Crippen LogP contribution in [0, 0.1) is 0 Å². The van der Waals surface area contributed by atoms with Crippen molar-refractivity contribution in [2.45, 2.75) is 13.3 Å². The van der Waals surface area contributed by atoms with Gasteiger partial charge in [0.2, 0.25) is 0 Å². The standard InChI is InChI=1S/C10H11N3O2/c1-3-6-7(4-2)11-8-5-9(14)12-13(8)10(6)15/h4-5,11H,2-3H2,1H3,(H,12,14). The monoisotopic (exact) mass is 205 g/mol. The van der Waals surface area contributed by atoms with E-state index in [4.69, 9.17) is 0 Å². The van der Waals surface area contributed by atoms with Gasteiger partial charge in [-0.25, -0.2) is 4.52 Å². The molecule has 2 rings (SSSR count). The number of nitrogens with zero attached hydrogens (tertiary/aromatic N) is 1. The molecule has 0 fully saturated rings. The second-order valence-corrected chi connectivity index (χ2v) is 3.22. The summed E-state index contributed by atoms with van der Waals surface area (Å²) in [7, 11) is 0. The van der Waals surface area contributed by atoms with Gasteiger partial charge in [-0.2, -0.15) is 0 Å². The normalized spacial score (nSPS) is 10.7. The maximum atomic E-state index is 11.9. The molecule has 0 aliphatic carbocycles. The van der Waals surface area contributed by atoms with Gasteiger partial charge in [0.25, 0.3) is 11.1 Å². The predicted molar refractivity (Wildman–Crippen MR) is 58.1 cm³/mol. The van der Waals surface area contributed by atoms with E-state index in [0.29, 0.717) is 23.3 Å². The Morgan fingerprint density at radius 2 is 2.27 bits per heavy atom. The van der Waals surface area contributed by atoms with Gasteiger partial charge in [0.05, 0.1) is 0 Å². The smallest absolute Gasteiger partial charge is 0.276 e. The summed E-state index contributed by atoms with van der Waals surface area (Å²) in [6, 6.07) is 1.34. The number of hydrogen-bond acceptors (Lipinski definition) is 2. The summed E-state index contributed by atoms with van der Waals surface area (Å²) in [6.07, 6.45) is 2.17. The van der Waals surface area contributed by atoms with Gasteiger partial charge in [0.1, 0.15) is 5.65 Å². The highest BCUT2D eigenvalue weighted by atomic mass is 16.1. The van der Waals surface area contributed by atoms with Crippen molar-refractivity contribution in [3.05, 3.63) is 44.6 Å². The Balaban J connectivity index is 2.99. The van der Waals surface area contributed by atoms with Gasteiger partial charge >= 0.3 is 0 Å². The number of fused-ring (bicyclic) bond motifs is 1. The van der Waals surface area contributed by atoms with Crippen LogP contribution in [0.2, 0.25) is 0 Å². The molecular formula is C10H11N3O2. The molecule has 0 saturated carbocycles. The molecule has 0 radical (unpaired) electrons. The number of aromatic amines is 2. The lowest BCUT2D eigenvalue weighted by Crippen LogP contribution is -2.22. The van der Waals surface area contributed by atoms with Gasteiger partial charge in [-0.3, -0.25) is 14.7 Å². The number of aromatic nitrogens is 3. The number of nitrogens with one attached hydrogen (secondary N) is 2. The summed E-state index contributed by atoms with van der Waals surface area (Å²) >= 11 is 0. The number of hydrogen-bond donors (Lipinski definition) is 2. The van der Waals surface area contributed by atoms with Gasteiger partial charge in [-0.05, 0) is 12.5 Å². The van der Waals surface area contributed by atoms with Crippen molar-refractivity contribution in [3.63, 3.8) is 0 Å². The van der Waals surface area contributed by atoms with Crippen molar-refractivity contribution >= 4 is 11.7 Å². The summed E-state index contributed by atoms with van der Waals surface area (Å²) in [4.78, 5) is 25.9. The van der Waals surface area contributed by atoms with E-state index in [1.165, 1.54) is 10.6 Å². The molecule has 0 atom stereocenters. The van der Waals surface area contributed by atoms with E-state index >= 15 is 0 Å². The Hall–Kier alpha value is -2.04. The Morgan fingerprint density at radius 1 is 1.53 bits per heavy atom. The highest BCUT2D eigenvalue weighted by molar-refractivity contribution is 5.51. The third kappa shape index (κ3) is 1.32. The molecule has 0 aromatic carbocycles. The molecular weight excluding hydrogens is 194 g/mol. The van der Waals surface area contributed by atoms with Gasteiger partial charge in [0, 0.05) is 17.3 Å². The molecule has 0 saturated heterocycles. The first-order chi connectivity index (χ1) is 7.17. The zero-order valence-electron chi connectivity index (χ0n) is 8.33. The maximum Gasteiger partial charge on any atom is 0.276 e. The van der Waals surface area contributed by atoms with Crippen molar-refractivity contribution in [1.29, 1.82) is 0 Å². The fraction of sp³-hybridized carbons (Fsp3) is 0.200. The predicted octanol–water partition coefficient (Wildman–Crippen LogP) is 0.521. The van der Waals surface area contributed by atoms with E-state index in [-0.39, 0.29) is 11.1 Å². The fourth-order valence-corrected chi connectivity index (χ4v) is 1.62. The third-order valence-electron chi connectivity index (χ3n) is 2.34. The second-order valence-electron chi connectivity index (χ2n) is 3.22. The summed E-state index contributed by atoms with van der Waals surface area (Å²) in [5, 5.41) is 2.44. The first-order valence-corrected chi connectivity index (χ1v) is 4.66. The van der Waals surface area contributed by atoms with Crippen LogP contribution in [0.4, 0.5) is 0 Å². The van der Waals surface area contributed by atoms with Gasteiger partial charge in [0.15, 0.2) is 0 Å². The Bertz CT molecular complexity index is 630. The molecule has 78 valence electrons.